The van der Waals surface area contributed by atoms with Crippen molar-refractivity contribution < 1.29 is 9.53 Å². The van der Waals surface area contributed by atoms with Gasteiger partial charge in [-0.25, -0.2) is 0 Å². The summed E-state index contributed by atoms with van der Waals surface area (Å²) < 4.78 is 5.31. The number of ether oxygens (including phenoxy) is 1. The van der Waals surface area contributed by atoms with Crippen LogP contribution in [0.3, 0.4) is 0 Å². The van der Waals surface area contributed by atoms with E-state index in [2.05, 4.69) is 6.07 Å². The Morgan fingerprint density at radius 1 is 0.957 bits per heavy atom. The molecule has 2 aromatic rings. The van der Waals surface area contributed by atoms with Crippen LogP contribution in [0, 0.1) is 11.3 Å². The van der Waals surface area contributed by atoms with Gasteiger partial charge in [0.15, 0.2) is 0 Å². The van der Waals surface area contributed by atoms with Gasteiger partial charge in [-0.05, 0) is 54.8 Å². The summed E-state index contributed by atoms with van der Waals surface area (Å²) in [5, 5.41) is 8.81. The van der Waals surface area contributed by atoms with Crippen LogP contribution in [-0.4, -0.2) is 12.5 Å². The van der Waals surface area contributed by atoms with Gasteiger partial charge in [0.2, 0.25) is 0 Å². The van der Waals surface area contributed by atoms with Gasteiger partial charge in [-0.3, -0.25) is 4.79 Å². The van der Waals surface area contributed by atoms with Crippen LogP contribution in [0.25, 0.3) is 11.1 Å². The Kier molecular flexibility index (Phi) is 6.34. The predicted octanol–water partition coefficient (Wildman–Crippen LogP) is 3.65. The number of nitrogens with two attached hydrogens (primary N) is 1. The maximum atomic E-state index is 11.7. The van der Waals surface area contributed by atoms with E-state index >= 15 is 0 Å². The van der Waals surface area contributed by atoms with Crippen molar-refractivity contribution in [1.29, 1.82) is 5.26 Å². The van der Waals surface area contributed by atoms with Gasteiger partial charge in [0.25, 0.3) is 0 Å². The fourth-order valence-corrected chi connectivity index (χ4v) is 2.23. The first-order valence-corrected chi connectivity index (χ1v) is 7.74. The van der Waals surface area contributed by atoms with Gasteiger partial charge in [0, 0.05) is 6.42 Å². The average molecular weight is 308 g/mol. The van der Waals surface area contributed by atoms with Crippen molar-refractivity contribution in [2.75, 3.05) is 6.54 Å². The molecule has 2 aromatic carbocycles. The Balaban J connectivity index is 1.91. The van der Waals surface area contributed by atoms with Crippen molar-refractivity contribution in [2.45, 2.75) is 25.7 Å². The molecule has 118 valence electrons. The summed E-state index contributed by atoms with van der Waals surface area (Å²) in [4.78, 5) is 11.7. The summed E-state index contributed by atoms with van der Waals surface area (Å²) in [6.45, 7) is 0.659. The molecule has 2 rings (SSSR count). The van der Waals surface area contributed by atoms with E-state index in [1.165, 1.54) is 0 Å². The van der Waals surface area contributed by atoms with Crippen LogP contribution in [0.5, 0.6) is 5.75 Å². The Labute approximate surface area is 136 Å². The van der Waals surface area contributed by atoms with E-state index in [1.54, 1.807) is 24.3 Å². The molecule has 4 heteroatoms. The molecule has 0 fully saturated rings. The number of benzene rings is 2. The monoisotopic (exact) mass is 308 g/mol. The van der Waals surface area contributed by atoms with Crippen molar-refractivity contribution in [3.63, 3.8) is 0 Å². The Bertz CT molecular complexity index is 670. The third-order valence-electron chi connectivity index (χ3n) is 3.52. The number of carbonyl (C=O) groups excluding carboxylic acids is 1. The molecular weight excluding hydrogens is 288 g/mol. The Morgan fingerprint density at radius 3 is 2.13 bits per heavy atom. The van der Waals surface area contributed by atoms with Crippen LogP contribution in [0.2, 0.25) is 0 Å². The third kappa shape index (κ3) is 5.24. The quantitative estimate of drug-likeness (QED) is 0.481. The fourth-order valence-electron chi connectivity index (χ4n) is 2.23. The predicted molar refractivity (Wildman–Crippen MR) is 89.8 cm³/mol. The Morgan fingerprint density at radius 2 is 1.57 bits per heavy atom. The van der Waals surface area contributed by atoms with Crippen LogP contribution >= 0.6 is 0 Å². The maximum absolute atomic E-state index is 11.7. The first-order chi connectivity index (χ1) is 11.2. The highest BCUT2D eigenvalue weighted by Crippen LogP contribution is 2.23. The number of carbonyl (C=O) groups is 1. The average Bonchev–Trinajstić information content (AvgIpc) is 2.59. The first-order valence-electron chi connectivity index (χ1n) is 7.74. The van der Waals surface area contributed by atoms with Gasteiger partial charge in [0.1, 0.15) is 5.75 Å². The summed E-state index contributed by atoms with van der Waals surface area (Å²) in [7, 11) is 0. The van der Waals surface area contributed by atoms with Crippen LogP contribution in [-0.2, 0) is 4.79 Å². The van der Waals surface area contributed by atoms with Crippen molar-refractivity contribution in [3.05, 3.63) is 54.1 Å². The lowest BCUT2D eigenvalue weighted by Gasteiger charge is -2.06. The maximum Gasteiger partial charge on any atom is 0.311 e. The lowest BCUT2D eigenvalue weighted by molar-refractivity contribution is -0.134. The van der Waals surface area contributed by atoms with Crippen LogP contribution in [0.15, 0.2) is 48.5 Å². The largest absolute Gasteiger partial charge is 0.427 e. The molecule has 0 saturated heterocycles. The zero-order chi connectivity index (χ0) is 16.5. The highest BCUT2D eigenvalue weighted by atomic mass is 16.5. The zero-order valence-corrected chi connectivity index (χ0v) is 13.0. The van der Waals surface area contributed by atoms with Crippen LogP contribution in [0.4, 0.5) is 0 Å². The molecule has 0 amide bonds. The van der Waals surface area contributed by atoms with Gasteiger partial charge in [-0.15, -0.1) is 0 Å². The number of hydrogen-bond donors (Lipinski definition) is 1. The van der Waals surface area contributed by atoms with E-state index in [0.717, 1.165) is 30.4 Å². The topological polar surface area (TPSA) is 76.1 Å². The van der Waals surface area contributed by atoms with E-state index in [1.807, 2.05) is 24.3 Å². The van der Waals surface area contributed by atoms with E-state index in [-0.39, 0.29) is 5.97 Å². The second-order valence-electron chi connectivity index (χ2n) is 5.29. The molecular formula is C19H20N2O2. The number of nitriles is 1. The van der Waals surface area contributed by atoms with Gasteiger partial charge < -0.3 is 10.5 Å². The van der Waals surface area contributed by atoms with Gasteiger partial charge in [-0.1, -0.05) is 30.7 Å². The summed E-state index contributed by atoms with van der Waals surface area (Å²) in [5.74, 6) is 0.333. The lowest BCUT2D eigenvalue weighted by atomic mass is 10.0. The molecule has 0 bridgehead atoms. The van der Waals surface area contributed by atoms with Crippen molar-refractivity contribution in [3.8, 4) is 22.9 Å². The van der Waals surface area contributed by atoms with Crippen molar-refractivity contribution in [1.82, 2.24) is 0 Å². The molecule has 2 N–H and O–H groups in total. The normalized spacial score (nSPS) is 10.1. The molecule has 0 aliphatic rings. The fraction of sp³-hybridized carbons (Fsp3) is 0.263. The zero-order valence-electron chi connectivity index (χ0n) is 13.0. The Hall–Kier alpha value is -2.64. The minimum Gasteiger partial charge on any atom is -0.427 e. The second kappa shape index (κ2) is 8.72. The molecule has 23 heavy (non-hydrogen) atoms. The number of rotatable bonds is 7. The lowest BCUT2D eigenvalue weighted by Crippen LogP contribution is -2.08. The molecule has 0 aliphatic carbocycles. The minimum absolute atomic E-state index is 0.215. The molecule has 0 spiro atoms. The van der Waals surface area contributed by atoms with E-state index in [9.17, 15) is 4.79 Å². The molecule has 0 heterocycles. The molecule has 4 nitrogen and oxygen atoms in total. The third-order valence-corrected chi connectivity index (χ3v) is 3.52. The summed E-state index contributed by atoms with van der Waals surface area (Å²) >= 11 is 0. The number of hydrogen-bond acceptors (Lipinski definition) is 4. The van der Waals surface area contributed by atoms with E-state index in [0.29, 0.717) is 24.3 Å². The summed E-state index contributed by atoms with van der Waals surface area (Å²) in [5.41, 5.74) is 8.08. The SMILES string of the molecule is N#Cc1ccc(-c2ccc(OC(=O)CCCCCN)cc2)cc1. The number of nitrogens with zero attached hydrogens (tertiary/aromatic N) is 1. The van der Waals surface area contributed by atoms with E-state index < -0.39 is 0 Å². The molecule has 0 atom stereocenters. The van der Waals surface area contributed by atoms with Crippen molar-refractivity contribution in [2.24, 2.45) is 5.73 Å². The van der Waals surface area contributed by atoms with Crippen LogP contribution in [0.1, 0.15) is 31.2 Å². The number of unbranched alkanes of at least 4 members (excludes halogenated alkanes) is 2. The first kappa shape index (κ1) is 16.7. The highest BCUT2D eigenvalue weighted by molar-refractivity contribution is 5.73. The summed E-state index contributed by atoms with van der Waals surface area (Å²) in [6, 6.07) is 16.8. The minimum atomic E-state index is -0.215. The second-order valence-corrected chi connectivity index (χ2v) is 5.29. The molecule has 0 radical (unpaired) electrons. The molecule has 0 unspecified atom stereocenters. The number of esters is 1. The molecule has 0 aromatic heterocycles. The highest BCUT2D eigenvalue weighted by Gasteiger charge is 2.05. The van der Waals surface area contributed by atoms with E-state index in [4.69, 9.17) is 15.7 Å². The van der Waals surface area contributed by atoms with Gasteiger partial charge in [-0.2, -0.15) is 5.26 Å². The molecule has 0 aliphatic heterocycles. The standard InChI is InChI=1S/C19H20N2O2/c20-13-3-1-2-4-19(22)23-18-11-9-17(10-12-18)16-7-5-15(14-21)6-8-16/h5-12H,1-4,13,20H2. The van der Waals surface area contributed by atoms with Crippen molar-refractivity contribution >= 4 is 5.97 Å². The smallest absolute Gasteiger partial charge is 0.311 e. The van der Waals surface area contributed by atoms with Gasteiger partial charge in [0.05, 0.1) is 11.6 Å². The summed E-state index contributed by atoms with van der Waals surface area (Å²) in [6.07, 6.45) is 3.10. The van der Waals surface area contributed by atoms with Crippen LogP contribution < -0.4 is 10.5 Å². The van der Waals surface area contributed by atoms with Gasteiger partial charge >= 0.3 is 5.97 Å². The molecule has 0 saturated carbocycles.